The van der Waals surface area contributed by atoms with Crippen molar-refractivity contribution in [1.29, 1.82) is 0 Å². The third-order valence-electron chi connectivity index (χ3n) is 6.01. The second kappa shape index (κ2) is 8.98. The molecule has 2 aliphatic rings. The number of hydrogen-bond donors (Lipinski definition) is 1. The molecule has 0 saturated carbocycles. The van der Waals surface area contributed by atoms with Crippen LogP contribution in [0.1, 0.15) is 37.0 Å². The highest BCUT2D eigenvalue weighted by atomic mass is 16.6. The van der Waals surface area contributed by atoms with Gasteiger partial charge in [-0.1, -0.05) is 48.1 Å². The monoisotopic (exact) mass is 443 g/mol. The van der Waals surface area contributed by atoms with Crippen molar-refractivity contribution in [2.45, 2.75) is 40.2 Å². The van der Waals surface area contributed by atoms with Gasteiger partial charge in [-0.05, 0) is 50.1 Å². The predicted molar refractivity (Wildman–Crippen MR) is 132 cm³/mol. The summed E-state index contributed by atoms with van der Waals surface area (Å²) >= 11 is 0. The van der Waals surface area contributed by atoms with Crippen LogP contribution in [0.15, 0.2) is 66.4 Å². The van der Waals surface area contributed by atoms with Crippen molar-refractivity contribution in [2.75, 3.05) is 16.3 Å². The van der Waals surface area contributed by atoms with Crippen molar-refractivity contribution in [3.8, 4) is 5.75 Å². The largest absolute Gasteiger partial charge is 0.419 e. The zero-order chi connectivity index (χ0) is 23.7. The molecule has 0 fully saturated rings. The maximum Gasteiger partial charge on any atom is 0.419 e. The van der Waals surface area contributed by atoms with E-state index < -0.39 is 6.09 Å². The Balaban J connectivity index is 1.77. The van der Waals surface area contributed by atoms with Crippen molar-refractivity contribution in [3.63, 3.8) is 0 Å². The number of nitrogens with two attached hydrogens (primary N) is 1. The number of benzene rings is 2. The molecule has 0 bridgehead atoms. The fourth-order valence-corrected chi connectivity index (χ4v) is 4.43. The van der Waals surface area contributed by atoms with Gasteiger partial charge in [-0.2, -0.15) is 0 Å². The lowest BCUT2D eigenvalue weighted by Gasteiger charge is -2.40. The third-order valence-corrected chi connectivity index (χ3v) is 6.01. The SMILES string of the molecule is CC(=O)N1c2ccc(C3=C(N)CC=CC=C3)cc2N(C(=O)Oc2ccc(C)cc2C)C[C@@H]1C. The Bertz CT molecular complexity index is 1210. The first kappa shape index (κ1) is 22.4. The number of anilines is 2. The van der Waals surface area contributed by atoms with Gasteiger partial charge in [0.15, 0.2) is 0 Å². The highest BCUT2D eigenvalue weighted by molar-refractivity contribution is 6.03. The van der Waals surface area contributed by atoms with Gasteiger partial charge in [0.1, 0.15) is 5.75 Å². The Morgan fingerprint density at radius 2 is 1.85 bits per heavy atom. The molecule has 2 amide bonds. The van der Waals surface area contributed by atoms with E-state index in [1.165, 1.54) is 6.92 Å². The van der Waals surface area contributed by atoms with Crippen molar-refractivity contribution in [3.05, 3.63) is 83.1 Å². The van der Waals surface area contributed by atoms with Gasteiger partial charge >= 0.3 is 6.09 Å². The van der Waals surface area contributed by atoms with Gasteiger partial charge in [-0.15, -0.1) is 0 Å². The van der Waals surface area contributed by atoms with E-state index in [2.05, 4.69) is 0 Å². The van der Waals surface area contributed by atoms with Gasteiger partial charge in [-0.3, -0.25) is 9.69 Å². The molecule has 6 nitrogen and oxygen atoms in total. The molecule has 4 rings (SSSR count). The van der Waals surface area contributed by atoms with Crippen molar-refractivity contribution in [2.24, 2.45) is 5.73 Å². The zero-order valence-electron chi connectivity index (χ0n) is 19.5. The van der Waals surface area contributed by atoms with Gasteiger partial charge < -0.3 is 15.4 Å². The molecule has 2 aromatic rings. The van der Waals surface area contributed by atoms with E-state index in [1.807, 2.05) is 81.5 Å². The minimum absolute atomic E-state index is 0.0730. The molecular formula is C27H29N3O3. The molecule has 2 N–H and O–H groups in total. The van der Waals surface area contributed by atoms with Crippen LogP contribution in [0.25, 0.3) is 5.57 Å². The summed E-state index contributed by atoms with van der Waals surface area (Å²) in [7, 11) is 0. The number of fused-ring (bicyclic) bond motifs is 1. The molecule has 6 heteroatoms. The molecule has 1 aliphatic heterocycles. The summed E-state index contributed by atoms with van der Waals surface area (Å²) in [5.41, 5.74) is 12.1. The molecule has 1 heterocycles. The van der Waals surface area contributed by atoms with Crippen LogP contribution in [0.5, 0.6) is 5.75 Å². The summed E-state index contributed by atoms with van der Waals surface area (Å²) in [6.45, 7) is 7.70. The van der Waals surface area contributed by atoms with Gasteiger partial charge in [0.2, 0.25) is 5.91 Å². The second-order valence-corrected chi connectivity index (χ2v) is 8.62. The van der Waals surface area contributed by atoms with Crippen LogP contribution in [0.2, 0.25) is 0 Å². The number of rotatable bonds is 2. The van der Waals surface area contributed by atoms with Crippen molar-refractivity contribution in [1.82, 2.24) is 0 Å². The molecular weight excluding hydrogens is 414 g/mol. The fourth-order valence-electron chi connectivity index (χ4n) is 4.43. The number of ether oxygens (including phenoxy) is 1. The first-order valence-electron chi connectivity index (χ1n) is 11.1. The number of aryl methyl sites for hydroxylation is 2. The quantitative estimate of drug-likeness (QED) is 0.688. The number of nitrogens with zero attached hydrogens (tertiary/aromatic N) is 2. The third kappa shape index (κ3) is 4.42. The van der Waals surface area contributed by atoms with Gasteiger partial charge in [-0.25, -0.2) is 4.79 Å². The van der Waals surface area contributed by atoms with E-state index in [0.717, 1.165) is 28.0 Å². The highest BCUT2D eigenvalue weighted by Crippen LogP contribution is 2.39. The topological polar surface area (TPSA) is 75.9 Å². The Morgan fingerprint density at radius 1 is 1.06 bits per heavy atom. The molecule has 1 atom stereocenters. The number of allylic oxidation sites excluding steroid dienone is 5. The maximum atomic E-state index is 13.3. The summed E-state index contributed by atoms with van der Waals surface area (Å²) in [6, 6.07) is 11.2. The van der Waals surface area contributed by atoms with Crippen LogP contribution in [0.4, 0.5) is 16.2 Å². The van der Waals surface area contributed by atoms with Crippen molar-refractivity contribution < 1.29 is 14.3 Å². The Kier molecular flexibility index (Phi) is 6.09. The van der Waals surface area contributed by atoms with Crippen LogP contribution >= 0.6 is 0 Å². The number of carbonyl (C=O) groups is 2. The first-order chi connectivity index (χ1) is 15.8. The smallest absolute Gasteiger partial charge is 0.410 e. The second-order valence-electron chi connectivity index (χ2n) is 8.62. The molecule has 0 spiro atoms. The summed E-state index contributed by atoms with van der Waals surface area (Å²) < 4.78 is 5.79. The van der Waals surface area contributed by atoms with Crippen LogP contribution in [0.3, 0.4) is 0 Å². The van der Waals surface area contributed by atoms with Crippen LogP contribution in [0, 0.1) is 13.8 Å². The van der Waals surface area contributed by atoms with E-state index in [0.29, 0.717) is 30.1 Å². The number of carbonyl (C=O) groups excluding carboxylic acids is 2. The molecule has 0 radical (unpaired) electrons. The normalized spacial score (nSPS) is 17.6. The molecule has 170 valence electrons. The van der Waals surface area contributed by atoms with E-state index >= 15 is 0 Å². The minimum Gasteiger partial charge on any atom is -0.410 e. The van der Waals surface area contributed by atoms with Gasteiger partial charge in [0, 0.05) is 31.2 Å². The number of amides is 2. The van der Waals surface area contributed by atoms with Gasteiger partial charge in [0.25, 0.3) is 0 Å². The molecule has 0 aromatic heterocycles. The molecule has 0 unspecified atom stereocenters. The minimum atomic E-state index is -0.476. The number of hydrogen-bond acceptors (Lipinski definition) is 4. The molecule has 33 heavy (non-hydrogen) atoms. The standard InChI is InChI=1S/C27H29N3O3/c1-17-10-13-26(18(2)14-17)33-27(32)29-16-19(3)30(20(4)31)24-12-11-21(15-25(24)29)22-8-6-5-7-9-23(22)28/h5-8,10-15,19H,9,16,28H2,1-4H3/t19-/m0/s1. The first-order valence-corrected chi connectivity index (χ1v) is 11.1. The van der Waals surface area contributed by atoms with Crippen molar-refractivity contribution >= 4 is 28.9 Å². The van der Waals surface area contributed by atoms with E-state index in [4.69, 9.17) is 10.5 Å². The highest BCUT2D eigenvalue weighted by Gasteiger charge is 2.35. The Labute approximate surface area is 194 Å². The summed E-state index contributed by atoms with van der Waals surface area (Å²) in [6.07, 6.45) is 8.05. The summed E-state index contributed by atoms with van der Waals surface area (Å²) in [5, 5.41) is 0. The van der Waals surface area contributed by atoms with E-state index in [1.54, 1.807) is 9.80 Å². The predicted octanol–water partition coefficient (Wildman–Crippen LogP) is 5.25. The summed E-state index contributed by atoms with van der Waals surface area (Å²) in [4.78, 5) is 29.1. The molecule has 0 saturated heterocycles. The van der Waals surface area contributed by atoms with Crippen LogP contribution < -0.4 is 20.3 Å². The molecule has 2 aromatic carbocycles. The summed E-state index contributed by atoms with van der Waals surface area (Å²) in [5.74, 6) is 0.450. The van der Waals surface area contributed by atoms with Crippen LogP contribution in [-0.4, -0.2) is 24.6 Å². The average Bonchev–Trinajstić information content (AvgIpc) is 2.98. The lowest BCUT2D eigenvalue weighted by Crippen LogP contribution is -2.52. The van der Waals surface area contributed by atoms with Crippen LogP contribution in [-0.2, 0) is 4.79 Å². The van der Waals surface area contributed by atoms with Gasteiger partial charge in [0.05, 0.1) is 17.4 Å². The molecule has 1 aliphatic carbocycles. The Morgan fingerprint density at radius 3 is 2.58 bits per heavy atom. The van der Waals surface area contributed by atoms with E-state index in [9.17, 15) is 9.59 Å². The zero-order valence-corrected chi connectivity index (χ0v) is 19.5. The lowest BCUT2D eigenvalue weighted by atomic mass is 9.98. The van der Waals surface area contributed by atoms with E-state index in [-0.39, 0.29) is 11.9 Å². The maximum absolute atomic E-state index is 13.3. The Hall–Kier alpha value is -3.80. The lowest BCUT2D eigenvalue weighted by molar-refractivity contribution is -0.117. The average molecular weight is 444 g/mol. The fraction of sp³-hybridized carbons (Fsp3) is 0.259.